The fourth-order valence-electron chi connectivity index (χ4n) is 2.81. The maximum atomic E-state index is 12.1. The molecule has 29 heavy (non-hydrogen) atoms. The van der Waals surface area contributed by atoms with Crippen molar-refractivity contribution in [2.75, 3.05) is 18.5 Å². The van der Waals surface area contributed by atoms with Gasteiger partial charge in [0.1, 0.15) is 4.32 Å². The Bertz CT molecular complexity index is 737. The molecule has 0 spiro atoms. The van der Waals surface area contributed by atoms with Gasteiger partial charge in [-0.3, -0.25) is 14.5 Å². The third-order valence-electron chi connectivity index (χ3n) is 4.53. The molecule has 1 heterocycles. The summed E-state index contributed by atoms with van der Waals surface area (Å²) >= 11 is 6.64. The van der Waals surface area contributed by atoms with E-state index in [1.54, 1.807) is 29.2 Å². The van der Waals surface area contributed by atoms with Gasteiger partial charge in [0.25, 0.3) is 0 Å². The van der Waals surface area contributed by atoms with Gasteiger partial charge in [0.2, 0.25) is 11.8 Å². The van der Waals surface area contributed by atoms with Crippen LogP contribution < -0.4 is 5.32 Å². The van der Waals surface area contributed by atoms with Gasteiger partial charge in [-0.15, -0.1) is 0 Å². The van der Waals surface area contributed by atoms with E-state index in [2.05, 4.69) is 5.32 Å². The van der Waals surface area contributed by atoms with Gasteiger partial charge < -0.3 is 10.1 Å². The fraction of sp³-hybridized carbons (Fsp3) is 0.524. The van der Waals surface area contributed by atoms with Crippen molar-refractivity contribution < 1.29 is 19.1 Å². The summed E-state index contributed by atoms with van der Waals surface area (Å²) in [7, 11) is 0. The van der Waals surface area contributed by atoms with Crippen LogP contribution in [0.2, 0.25) is 0 Å². The smallest absolute Gasteiger partial charge is 0.338 e. The van der Waals surface area contributed by atoms with E-state index >= 15 is 0 Å². The average Bonchev–Trinajstić information content (AvgIpc) is 2.94. The minimum atomic E-state index is -0.347. The molecular formula is C21H28N2O4S2. The Morgan fingerprint density at radius 3 is 2.52 bits per heavy atom. The Hall–Kier alpha value is -1.93. The number of nitrogens with one attached hydrogen (secondary N) is 1. The monoisotopic (exact) mass is 436 g/mol. The van der Waals surface area contributed by atoms with Gasteiger partial charge in [0.05, 0.1) is 17.4 Å². The molecular weight excluding hydrogens is 408 g/mol. The largest absolute Gasteiger partial charge is 0.462 e. The molecule has 2 rings (SSSR count). The van der Waals surface area contributed by atoms with Crippen LogP contribution in [0.4, 0.5) is 5.69 Å². The van der Waals surface area contributed by atoms with Crippen LogP contribution in [0.5, 0.6) is 0 Å². The zero-order chi connectivity index (χ0) is 21.2. The first-order valence-electron chi connectivity index (χ1n) is 10.0. The summed E-state index contributed by atoms with van der Waals surface area (Å²) in [6, 6.07) is 6.71. The molecule has 1 atom stereocenters. The standard InChI is InChI=1S/C21H28N2O4S2/c1-3-4-14-27-20(26)16-9-11-17(12-10-16)22-18(24)8-6-5-7-13-23-19(25)15(2)29-21(23)28/h9-12,15H,3-8,13-14H2,1-2H3,(H,22,24). The first-order chi connectivity index (χ1) is 13.9. The summed E-state index contributed by atoms with van der Waals surface area (Å²) in [5, 5.41) is 2.75. The van der Waals surface area contributed by atoms with Gasteiger partial charge in [-0.05, 0) is 50.5 Å². The van der Waals surface area contributed by atoms with Crippen molar-refractivity contribution in [1.82, 2.24) is 4.90 Å². The molecule has 1 aliphatic rings. The summed E-state index contributed by atoms with van der Waals surface area (Å²) < 4.78 is 5.81. The third-order valence-corrected chi connectivity index (χ3v) is 6.02. The van der Waals surface area contributed by atoms with Crippen LogP contribution >= 0.6 is 24.0 Å². The van der Waals surface area contributed by atoms with Crippen LogP contribution in [-0.4, -0.2) is 45.4 Å². The average molecular weight is 437 g/mol. The van der Waals surface area contributed by atoms with E-state index in [-0.39, 0.29) is 23.0 Å². The Kier molecular flexibility index (Phi) is 9.60. The van der Waals surface area contributed by atoms with Gasteiger partial charge in [-0.1, -0.05) is 43.7 Å². The zero-order valence-electron chi connectivity index (χ0n) is 16.9. The number of unbranched alkanes of at least 4 members (excludes halogenated alkanes) is 3. The number of carbonyl (C=O) groups is 3. The van der Waals surface area contributed by atoms with Crippen molar-refractivity contribution in [1.29, 1.82) is 0 Å². The highest BCUT2D eigenvalue weighted by atomic mass is 32.2. The van der Waals surface area contributed by atoms with Crippen molar-refractivity contribution in [3.63, 3.8) is 0 Å². The zero-order valence-corrected chi connectivity index (χ0v) is 18.6. The molecule has 8 heteroatoms. The summed E-state index contributed by atoms with van der Waals surface area (Å²) in [6.07, 6.45) is 4.64. The van der Waals surface area contributed by atoms with E-state index < -0.39 is 0 Å². The second kappa shape index (κ2) is 11.9. The molecule has 0 bridgehead atoms. The van der Waals surface area contributed by atoms with Crippen molar-refractivity contribution in [3.8, 4) is 0 Å². The second-order valence-electron chi connectivity index (χ2n) is 6.94. The fourth-order valence-corrected chi connectivity index (χ4v) is 4.27. The number of thioether (sulfide) groups is 1. The number of ether oxygens (including phenoxy) is 1. The predicted molar refractivity (Wildman–Crippen MR) is 120 cm³/mol. The molecule has 1 aromatic rings. The van der Waals surface area contributed by atoms with Gasteiger partial charge >= 0.3 is 5.97 Å². The predicted octanol–water partition coefficient (Wildman–Crippen LogP) is 4.39. The molecule has 158 valence electrons. The second-order valence-corrected chi connectivity index (χ2v) is 8.92. The van der Waals surface area contributed by atoms with Crippen LogP contribution in [0.3, 0.4) is 0 Å². The van der Waals surface area contributed by atoms with Crippen molar-refractivity contribution in [3.05, 3.63) is 29.8 Å². The number of hydrogen-bond donors (Lipinski definition) is 1. The summed E-state index contributed by atoms with van der Waals surface area (Å²) in [6.45, 7) is 4.94. The van der Waals surface area contributed by atoms with Crippen LogP contribution in [0.1, 0.15) is 62.7 Å². The van der Waals surface area contributed by atoms with Gasteiger partial charge in [0.15, 0.2) is 0 Å². The highest BCUT2D eigenvalue weighted by Crippen LogP contribution is 2.27. The van der Waals surface area contributed by atoms with E-state index in [1.807, 2.05) is 13.8 Å². The lowest BCUT2D eigenvalue weighted by atomic mass is 10.1. The number of benzene rings is 1. The molecule has 6 nitrogen and oxygen atoms in total. The van der Waals surface area contributed by atoms with E-state index in [0.717, 1.165) is 32.1 Å². The minimum Gasteiger partial charge on any atom is -0.462 e. The summed E-state index contributed by atoms with van der Waals surface area (Å²) in [5.41, 5.74) is 1.13. The summed E-state index contributed by atoms with van der Waals surface area (Å²) in [5.74, 6) is -0.337. The first kappa shape index (κ1) is 23.3. The lowest BCUT2D eigenvalue weighted by Gasteiger charge is -2.14. The third kappa shape index (κ3) is 7.44. The molecule has 0 aromatic heterocycles. The lowest BCUT2D eigenvalue weighted by molar-refractivity contribution is -0.125. The van der Waals surface area contributed by atoms with Crippen molar-refractivity contribution in [2.45, 2.75) is 57.6 Å². The molecule has 1 saturated heterocycles. The molecule has 1 fully saturated rings. The highest BCUT2D eigenvalue weighted by Gasteiger charge is 2.32. The quantitative estimate of drug-likeness (QED) is 0.315. The maximum absolute atomic E-state index is 12.1. The van der Waals surface area contributed by atoms with E-state index in [4.69, 9.17) is 17.0 Å². The van der Waals surface area contributed by atoms with Crippen LogP contribution in [0.25, 0.3) is 0 Å². The Morgan fingerprint density at radius 2 is 1.90 bits per heavy atom. The maximum Gasteiger partial charge on any atom is 0.338 e. The highest BCUT2D eigenvalue weighted by molar-refractivity contribution is 8.24. The first-order valence-corrected chi connectivity index (χ1v) is 11.3. The normalized spacial score (nSPS) is 16.2. The Labute approximate surface area is 181 Å². The van der Waals surface area contributed by atoms with Gasteiger partial charge in [-0.25, -0.2) is 4.79 Å². The van der Waals surface area contributed by atoms with Crippen LogP contribution in [-0.2, 0) is 14.3 Å². The molecule has 1 N–H and O–H groups in total. The number of anilines is 1. The molecule has 0 saturated carbocycles. The molecule has 0 radical (unpaired) electrons. The van der Waals surface area contributed by atoms with Gasteiger partial charge in [-0.2, -0.15) is 0 Å². The molecule has 1 aromatic carbocycles. The number of thiocarbonyl (C=S) groups is 1. The number of rotatable bonds is 11. The van der Waals surface area contributed by atoms with Crippen LogP contribution in [0.15, 0.2) is 24.3 Å². The molecule has 1 aliphatic heterocycles. The number of hydrogen-bond acceptors (Lipinski definition) is 6. The summed E-state index contributed by atoms with van der Waals surface area (Å²) in [4.78, 5) is 37.6. The van der Waals surface area contributed by atoms with Gasteiger partial charge in [0, 0.05) is 18.7 Å². The van der Waals surface area contributed by atoms with Crippen molar-refractivity contribution in [2.24, 2.45) is 0 Å². The molecule has 0 aliphatic carbocycles. The minimum absolute atomic E-state index is 0.0692. The Morgan fingerprint density at radius 1 is 1.17 bits per heavy atom. The van der Waals surface area contributed by atoms with E-state index in [0.29, 0.717) is 35.1 Å². The van der Waals surface area contributed by atoms with Crippen LogP contribution in [0, 0.1) is 0 Å². The SMILES string of the molecule is CCCCOC(=O)c1ccc(NC(=O)CCCCCN2C(=O)C(C)SC2=S)cc1. The van der Waals surface area contributed by atoms with E-state index in [9.17, 15) is 14.4 Å². The topological polar surface area (TPSA) is 75.7 Å². The lowest BCUT2D eigenvalue weighted by Crippen LogP contribution is -2.31. The van der Waals surface area contributed by atoms with E-state index in [1.165, 1.54) is 11.8 Å². The Balaban J connectivity index is 1.64. The number of amides is 2. The number of nitrogens with zero attached hydrogens (tertiary/aromatic N) is 1. The molecule has 1 unspecified atom stereocenters. The number of esters is 1. The van der Waals surface area contributed by atoms with Crippen molar-refractivity contribution >= 4 is 51.8 Å². The molecule has 2 amide bonds. The number of carbonyl (C=O) groups excluding carboxylic acids is 3.